The molecule has 0 radical (unpaired) electrons. The first-order valence-corrected chi connectivity index (χ1v) is 5.04. The van der Waals surface area contributed by atoms with E-state index in [1.54, 1.807) is 10.9 Å². The zero-order valence-corrected chi connectivity index (χ0v) is 8.72. The fourth-order valence-corrected chi connectivity index (χ4v) is 1.49. The highest BCUT2D eigenvalue weighted by atomic mass is 15.4. The Morgan fingerprint density at radius 2 is 2.00 bits per heavy atom. The van der Waals surface area contributed by atoms with Crippen molar-refractivity contribution in [3.8, 4) is 5.69 Å². The molecule has 1 aromatic carbocycles. The van der Waals surface area contributed by atoms with Gasteiger partial charge in [-0.15, -0.1) is 5.10 Å². The lowest BCUT2D eigenvalue weighted by Gasteiger charge is -2.04. The van der Waals surface area contributed by atoms with Gasteiger partial charge in [-0.25, -0.2) is 4.68 Å². The number of benzene rings is 1. The standard InChI is InChI=1S/C11H14N4/c1-2-9-3-5-10(6-4-9)15-11(7-12)8-13-14-15/h3-6,8H,2,7,12H2,1H3. The van der Waals surface area contributed by atoms with Crippen molar-refractivity contribution in [1.29, 1.82) is 0 Å². The molecule has 2 rings (SSSR count). The molecule has 2 aromatic rings. The zero-order chi connectivity index (χ0) is 10.7. The van der Waals surface area contributed by atoms with Gasteiger partial charge in [0, 0.05) is 6.54 Å². The molecule has 0 saturated carbocycles. The molecular formula is C11H14N4. The molecule has 0 bridgehead atoms. The number of nitrogens with two attached hydrogens (primary N) is 1. The molecular weight excluding hydrogens is 188 g/mol. The van der Waals surface area contributed by atoms with Crippen molar-refractivity contribution in [3.05, 3.63) is 41.7 Å². The van der Waals surface area contributed by atoms with E-state index in [1.807, 2.05) is 12.1 Å². The molecule has 0 aliphatic heterocycles. The average Bonchev–Trinajstić information content (AvgIpc) is 2.77. The van der Waals surface area contributed by atoms with Crippen molar-refractivity contribution in [1.82, 2.24) is 15.0 Å². The van der Waals surface area contributed by atoms with Crippen LogP contribution in [0.15, 0.2) is 30.5 Å². The normalized spacial score (nSPS) is 10.5. The Balaban J connectivity index is 2.37. The fourth-order valence-electron chi connectivity index (χ4n) is 1.49. The van der Waals surface area contributed by atoms with E-state index in [9.17, 15) is 0 Å². The van der Waals surface area contributed by atoms with Gasteiger partial charge in [0.05, 0.1) is 17.6 Å². The van der Waals surface area contributed by atoms with Crippen LogP contribution >= 0.6 is 0 Å². The van der Waals surface area contributed by atoms with Gasteiger partial charge >= 0.3 is 0 Å². The molecule has 0 aliphatic carbocycles. The third-order valence-electron chi connectivity index (χ3n) is 2.42. The summed E-state index contributed by atoms with van der Waals surface area (Å²) in [6.07, 6.45) is 2.73. The molecule has 2 N–H and O–H groups in total. The Kier molecular flexibility index (Phi) is 2.78. The highest BCUT2D eigenvalue weighted by molar-refractivity contribution is 5.34. The average molecular weight is 202 g/mol. The third-order valence-corrected chi connectivity index (χ3v) is 2.42. The molecule has 0 fully saturated rings. The van der Waals surface area contributed by atoms with Crippen molar-refractivity contribution in [2.24, 2.45) is 5.73 Å². The molecule has 1 aromatic heterocycles. The maximum atomic E-state index is 5.59. The Morgan fingerprint density at radius 1 is 1.27 bits per heavy atom. The van der Waals surface area contributed by atoms with Crippen LogP contribution in [0.5, 0.6) is 0 Å². The summed E-state index contributed by atoms with van der Waals surface area (Å²) in [5.41, 5.74) is 8.82. The summed E-state index contributed by atoms with van der Waals surface area (Å²) < 4.78 is 1.76. The smallest absolute Gasteiger partial charge is 0.0781 e. The number of aromatic nitrogens is 3. The number of rotatable bonds is 3. The van der Waals surface area contributed by atoms with E-state index in [0.29, 0.717) is 6.54 Å². The molecule has 1 heterocycles. The molecule has 4 nitrogen and oxygen atoms in total. The molecule has 0 amide bonds. The minimum absolute atomic E-state index is 0.447. The van der Waals surface area contributed by atoms with Crippen LogP contribution in [-0.2, 0) is 13.0 Å². The number of hydrogen-bond donors (Lipinski definition) is 1. The first kappa shape index (κ1) is 9.86. The van der Waals surface area contributed by atoms with Gasteiger partial charge in [-0.05, 0) is 24.1 Å². The van der Waals surface area contributed by atoms with Crippen LogP contribution in [0.2, 0.25) is 0 Å². The van der Waals surface area contributed by atoms with Crippen molar-refractivity contribution < 1.29 is 0 Å². The van der Waals surface area contributed by atoms with E-state index in [0.717, 1.165) is 17.8 Å². The topological polar surface area (TPSA) is 56.7 Å². The van der Waals surface area contributed by atoms with E-state index in [4.69, 9.17) is 5.73 Å². The lowest BCUT2D eigenvalue weighted by Crippen LogP contribution is -2.06. The van der Waals surface area contributed by atoms with Gasteiger partial charge in [0.25, 0.3) is 0 Å². The van der Waals surface area contributed by atoms with Gasteiger partial charge in [0.2, 0.25) is 0 Å². The van der Waals surface area contributed by atoms with Gasteiger partial charge in [-0.2, -0.15) is 0 Å². The van der Waals surface area contributed by atoms with Crippen LogP contribution in [0.3, 0.4) is 0 Å². The lowest BCUT2D eigenvalue weighted by atomic mass is 10.1. The SMILES string of the molecule is CCc1ccc(-n2nncc2CN)cc1. The summed E-state index contributed by atoms with van der Waals surface area (Å²) in [6.45, 7) is 2.58. The van der Waals surface area contributed by atoms with E-state index in [1.165, 1.54) is 5.56 Å². The highest BCUT2D eigenvalue weighted by Gasteiger charge is 2.03. The van der Waals surface area contributed by atoms with Gasteiger partial charge in [-0.1, -0.05) is 24.3 Å². The second-order valence-corrected chi connectivity index (χ2v) is 3.36. The zero-order valence-electron chi connectivity index (χ0n) is 8.72. The lowest BCUT2D eigenvalue weighted by molar-refractivity contribution is 0.761. The summed E-state index contributed by atoms with van der Waals surface area (Å²) in [6, 6.07) is 8.26. The number of aryl methyl sites for hydroxylation is 1. The van der Waals surface area contributed by atoms with Crippen LogP contribution < -0.4 is 5.73 Å². The minimum atomic E-state index is 0.447. The van der Waals surface area contributed by atoms with E-state index in [2.05, 4.69) is 29.4 Å². The molecule has 0 atom stereocenters. The summed E-state index contributed by atoms with van der Waals surface area (Å²) in [5.74, 6) is 0. The second-order valence-electron chi connectivity index (χ2n) is 3.36. The Hall–Kier alpha value is -1.68. The van der Waals surface area contributed by atoms with E-state index < -0.39 is 0 Å². The van der Waals surface area contributed by atoms with Gasteiger partial charge in [0.1, 0.15) is 0 Å². The van der Waals surface area contributed by atoms with Crippen molar-refractivity contribution in [2.45, 2.75) is 19.9 Å². The Bertz CT molecular complexity index is 430. The molecule has 0 saturated heterocycles. The fraction of sp³-hybridized carbons (Fsp3) is 0.273. The Morgan fingerprint density at radius 3 is 2.60 bits per heavy atom. The first-order chi connectivity index (χ1) is 7.35. The van der Waals surface area contributed by atoms with E-state index in [-0.39, 0.29) is 0 Å². The van der Waals surface area contributed by atoms with Gasteiger partial charge in [-0.3, -0.25) is 0 Å². The predicted molar refractivity (Wildman–Crippen MR) is 58.6 cm³/mol. The largest absolute Gasteiger partial charge is 0.325 e. The number of hydrogen-bond acceptors (Lipinski definition) is 3. The van der Waals surface area contributed by atoms with Crippen LogP contribution in [0, 0.1) is 0 Å². The van der Waals surface area contributed by atoms with Gasteiger partial charge < -0.3 is 5.73 Å². The van der Waals surface area contributed by atoms with Crippen LogP contribution in [0.25, 0.3) is 5.69 Å². The van der Waals surface area contributed by atoms with Crippen molar-refractivity contribution in [3.63, 3.8) is 0 Å². The van der Waals surface area contributed by atoms with Crippen LogP contribution in [0.4, 0.5) is 0 Å². The Labute approximate surface area is 88.7 Å². The quantitative estimate of drug-likeness (QED) is 0.815. The van der Waals surface area contributed by atoms with Crippen LogP contribution in [-0.4, -0.2) is 15.0 Å². The molecule has 4 heteroatoms. The van der Waals surface area contributed by atoms with E-state index >= 15 is 0 Å². The molecule has 0 aliphatic rings. The number of nitrogens with zero attached hydrogens (tertiary/aromatic N) is 3. The first-order valence-electron chi connectivity index (χ1n) is 5.04. The molecule has 15 heavy (non-hydrogen) atoms. The van der Waals surface area contributed by atoms with Crippen LogP contribution in [0.1, 0.15) is 18.2 Å². The van der Waals surface area contributed by atoms with Gasteiger partial charge in [0.15, 0.2) is 0 Å². The van der Waals surface area contributed by atoms with Crippen molar-refractivity contribution >= 4 is 0 Å². The third kappa shape index (κ3) is 1.89. The minimum Gasteiger partial charge on any atom is -0.325 e. The molecule has 0 unspecified atom stereocenters. The molecule has 78 valence electrons. The maximum absolute atomic E-state index is 5.59. The summed E-state index contributed by atoms with van der Waals surface area (Å²) in [7, 11) is 0. The summed E-state index contributed by atoms with van der Waals surface area (Å²) in [4.78, 5) is 0. The summed E-state index contributed by atoms with van der Waals surface area (Å²) >= 11 is 0. The maximum Gasteiger partial charge on any atom is 0.0781 e. The second kappa shape index (κ2) is 4.23. The summed E-state index contributed by atoms with van der Waals surface area (Å²) in [5, 5.41) is 7.84. The highest BCUT2D eigenvalue weighted by Crippen LogP contribution is 2.10. The molecule has 0 spiro atoms. The van der Waals surface area contributed by atoms with Crippen molar-refractivity contribution in [2.75, 3.05) is 0 Å². The monoisotopic (exact) mass is 202 g/mol. The predicted octanol–water partition coefficient (Wildman–Crippen LogP) is 1.29.